The van der Waals surface area contributed by atoms with E-state index in [1.165, 1.54) is 32.3 Å². The Hall–Kier alpha value is -1.32. The summed E-state index contributed by atoms with van der Waals surface area (Å²) in [5.74, 6) is 1.02. The molecular weight excluding hydrogens is 270 g/mol. The quantitative estimate of drug-likeness (QED) is 0.735. The van der Waals surface area contributed by atoms with E-state index in [1.54, 1.807) is 0 Å². The number of fused-ring (bicyclic) bond motifs is 6. The summed E-state index contributed by atoms with van der Waals surface area (Å²) in [6, 6.07) is 17.5. The van der Waals surface area contributed by atoms with E-state index < -0.39 is 0 Å². The standard InChI is InChI=1S/C16H13NS2/c1-18-16-15-13-8-3-2-6-11(13)12-7-4-5-9-14(12)17(15)10-19-16/h2-9H,10H2,1H3. The fourth-order valence-corrected chi connectivity index (χ4v) is 4.74. The maximum Gasteiger partial charge on any atom is 0.0741 e. The van der Waals surface area contributed by atoms with E-state index >= 15 is 0 Å². The molecule has 0 aliphatic carbocycles. The zero-order valence-electron chi connectivity index (χ0n) is 10.6. The maximum atomic E-state index is 2.45. The molecule has 0 N–H and O–H groups in total. The molecule has 3 heteroatoms. The molecule has 2 aromatic rings. The molecule has 1 nitrogen and oxygen atoms in total. The van der Waals surface area contributed by atoms with E-state index in [4.69, 9.17) is 0 Å². The molecule has 2 aromatic carbocycles. The first kappa shape index (κ1) is 11.5. The minimum atomic E-state index is 1.02. The largest absolute Gasteiger partial charge is 0.329 e. The van der Waals surface area contributed by atoms with Gasteiger partial charge in [0.05, 0.1) is 15.8 Å². The van der Waals surface area contributed by atoms with Gasteiger partial charge in [-0.15, -0.1) is 11.8 Å². The SMILES string of the molecule is CSC1=C2c3ccccc3-c3ccccc3N2CS1. The molecule has 0 aromatic heterocycles. The lowest BCUT2D eigenvalue weighted by Gasteiger charge is -2.31. The highest BCUT2D eigenvalue weighted by Gasteiger charge is 2.32. The van der Waals surface area contributed by atoms with Crippen molar-refractivity contribution in [1.29, 1.82) is 0 Å². The van der Waals surface area contributed by atoms with Crippen LogP contribution < -0.4 is 4.90 Å². The number of nitrogens with zero attached hydrogens (tertiary/aromatic N) is 1. The van der Waals surface area contributed by atoms with Crippen LogP contribution in [0.15, 0.2) is 52.8 Å². The highest BCUT2D eigenvalue weighted by atomic mass is 32.2. The van der Waals surface area contributed by atoms with Crippen molar-refractivity contribution in [2.75, 3.05) is 17.0 Å². The van der Waals surface area contributed by atoms with E-state index in [-0.39, 0.29) is 0 Å². The molecule has 4 rings (SSSR count). The summed E-state index contributed by atoms with van der Waals surface area (Å²) in [4.78, 5) is 2.45. The van der Waals surface area contributed by atoms with Gasteiger partial charge in [-0.3, -0.25) is 0 Å². The summed E-state index contributed by atoms with van der Waals surface area (Å²) in [6.07, 6.45) is 2.17. The van der Waals surface area contributed by atoms with Crippen LogP contribution in [0.1, 0.15) is 5.56 Å². The Balaban J connectivity index is 2.08. The van der Waals surface area contributed by atoms with Crippen LogP contribution in [0.25, 0.3) is 16.8 Å². The van der Waals surface area contributed by atoms with Gasteiger partial charge in [-0.2, -0.15) is 0 Å². The zero-order chi connectivity index (χ0) is 12.8. The molecular formula is C16H13NS2. The molecule has 2 aliphatic heterocycles. The van der Waals surface area contributed by atoms with Gasteiger partial charge in [-0.05, 0) is 17.9 Å². The summed E-state index contributed by atoms with van der Waals surface area (Å²) in [7, 11) is 0. The van der Waals surface area contributed by atoms with Crippen LogP contribution in [-0.2, 0) is 0 Å². The van der Waals surface area contributed by atoms with Crippen molar-refractivity contribution in [1.82, 2.24) is 0 Å². The van der Waals surface area contributed by atoms with Crippen LogP contribution >= 0.6 is 23.5 Å². The Kier molecular flexibility index (Phi) is 2.64. The van der Waals surface area contributed by atoms with E-state index in [0.29, 0.717) is 0 Å². The van der Waals surface area contributed by atoms with Gasteiger partial charge in [-0.1, -0.05) is 54.2 Å². The molecule has 0 radical (unpaired) electrons. The lowest BCUT2D eigenvalue weighted by molar-refractivity contribution is 1.18. The third-order valence-corrected chi connectivity index (χ3v) is 5.90. The lowest BCUT2D eigenvalue weighted by Crippen LogP contribution is -2.21. The molecule has 0 saturated carbocycles. The molecule has 0 atom stereocenters. The third kappa shape index (κ3) is 1.58. The van der Waals surface area contributed by atoms with Gasteiger partial charge in [0.15, 0.2) is 0 Å². The predicted molar refractivity (Wildman–Crippen MR) is 87.3 cm³/mol. The van der Waals surface area contributed by atoms with E-state index in [9.17, 15) is 0 Å². The Morgan fingerprint density at radius 1 is 0.947 bits per heavy atom. The first-order chi connectivity index (χ1) is 9.40. The second-order valence-electron chi connectivity index (χ2n) is 4.60. The average Bonchev–Trinajstić information content (AvgIpc) is 2.92. The predicted octanol–water partition coefficient (Wildman–Crippen LogP) is 4.87. The van der Waals surface area contributed by atoms with Crippen molar-refractivity contribution in [3.63, 3.8) is 0 Å². The van der Waals surface area contributed by atoms with Gasteiger partial charge in [0, 0.05) is 16.8 Å². The normalized spacial score (nSPS) is 16.2. The highest BCUT2D eigenvalue weighted by Crippen LogP contribution is 2.52. The van der Waals surface area contributed by atoms with Crippen molar-refractivity contribution in [3.8, 4) is 11.1 Å². The van der Waals surface area contributed by atoms with Crippen molar-refractivity contribution in [3.05, 3.63) is 58.3 Å². The van der Waals surface area contributed by atoms with Crippen LogP contribution in [0.2, 0.25) is 0 Å². The number of para-hydroxylation sites is 1. The van der Waals surface area contributed by atoms with Crippen molar-refractivity contribution < 1.29 is 0 Å². The molecule has 94 valence electrons. The van der Waals surface area contributed by atoms with Gasteiger partial charge in [-0.25, -0.2) is 0 Å². The summed E-state index contributed by atoms with van der Waals surface area (Å²) in [5.41, 5.74) is 6.82. The molecule has 2 heterocycles. The van der Waals surface area contributed by atoms with Gasteiger partial charge in [0.2, 0.25) is 0 Å². The van der Waals surface area contributed by atoms with E-state index in [1.807, 2.05) is 23.5 Å². The van der Waals surface area contributed by atoms with Crippen LogP contribution in [0.5, 0.6) is 0 Å². The van der Waals surface area contributed by atoms with Gasteiger partial charge in [0.1, 0.15) is 0 Å². The molecule has 0 unspecified atom stereocenters. The highest BCUT2D eigenvalue weighted by molar-refractivity contribution is 8.22. The number of thioether (sulfide) groups is 2. The van der Waals surface area contributed by atoms with Gasteiger partial charge in [0.25, 0.3) is 0 Å². The second kappa shape index (κ2) is 4.36. The first-order valence-electron chi connectivity index (χ1n) is 6.27. The van der Waals surface area contributed by atoms with Crippen molar-refractivity contribution in [2.24, 2.45) is 0 Å². The molecule has 0 fully saturated rings. The van der Waals surface area contributed by atoms with E-state index in [2.05, 4.69) is 59.7 Å². The number of hydrogen-bond donors (Lipinski definition) is 0. The average molecular weight is 283 g/mol. The summed E-state index contributed by atoms with van der Waals surface area (Å²) < 4.78 is 1.43. The Bertz CT molecular complexity index is 691. The van der Waals surface area contributed by atoms with Gasteiger partial charge >= 0.3 is 0 Å². The topological polar surface area (TPSA) is 3.24 Å². The van der Waals surface area contributed by atoms with Crippen LogP contribution in [0.3, 0.4) is 0 Å². The summed E-state index contributed by atoms with van der Waals surface area (Å²) in [5, 5.41) is 0. The molecule has 19 heavy (non-hydrogen) atoms. The lowest BCUT2D eigenvalue weighted by atomic mass is 9.92. The van der Waals surface area contributed by atoms with Crippen LogP contribution in [-0.4, -0.2) is 12.1 Å². The Labute approximate surface area is 121 Å². The fraction of sp³-hybridized carbons (Fsp3) is 0.125. The van der Waals surface area contributed by atoms with Crippen molar-refractivity contribution in [2.45, 2.75) is 0 Å². The van der Waals surface area contributed by atoms with Crippen LogP contribution in [0.4, 0.5) is 5.69 Å². The van der Waals surface area contributed by atoms with Crippen LogP contribution in [0, 0.1) is 0 Å². The zero-order valence-corrected chi connectivity index (χ0v) is 12.2. The third-order valence-electron chi connectivity index (χ3n) is 3.64. The molecule has 0 bridgehead atoms. The Morgan fingerprint density at radius 2 is 1.63 bits per heavy atom. The number of anilines is 1. The molecule has 0 spiro atoms. The number of benzene rings is 2. The molecule has 2 aliphatic rings. The van der Waals surface area contributed by atoms with E-state index in [0.717, 1.165) is 5.88 Å². The summed E-state index contributed by atoms with van der Waals surface area (Å²) in [6.45, 7) is 0. The van der Waals surface area contributed by atoms with Crippen molar-refractivity contribution >= 4 is 34.9 Å². The monoisotopic (exact) mass is 283 g/mol. The summed E-state index contributed by atoms with van der Waals surface area (Å²) >= 11 is 3.80. The second-order valence-corrected chi connectivity index (χ2v) is 6.63. The first-order valence-corrected chi connectivity index (χ1v) is 8.48. The smallest absolute Gasteiger partial charge is 0.0741 e. The molecule has 0 amide bonds. The fourth-order valence-electron chi connectivity index (χ4n) is 2.83. The maximum absolute atomic E-state index is 2.45. The number of hydrogen-bond acceptors (Lipinski definition) is 3. The number of rotatable bonds is 1. The molecule has 0 saturated heterocycles. The Morgan fingerprint density at radius 3 is 2.42 bits per heavy atom. The minimum absolute atomic E-state index is 1.02. The minimum Gasteiger partial charge on any atom is -0.329 e. The van der Waals surface area contributed by atoms with Gasteiger partial charge < -0.3 is 4.90 Å².